The maximum Gasteiger partial charge on any atom is 0.333 e. The van der Waals surface area contributed by atoms with E-state index < -0.39 is 5.97 Å². The van der Waals surface area contributed by atoms with Crippen molar-refractivity contribution < 1.29 is 24.2 Å². The molecule has 0 saturated carbocycles. The summed E-state index contributed by atoms with van der Waals surface area (Å²) in [5.74, 6) is -0.738. The van der Waals surface area contributed by atoms with Crippen LogP contribution in [0.4, 0.5) is 0 Å². The van der Waals surface area contributed by atoms with Crippen LogP contribution in [0.1, 0.15) is 33.1 Å². The minimum absolute atomic E-state index is 0.0473. The second-order valence-corrected chi connectivity index (χ2v) is 3.84. The third kappa shape index (κ3) is 12.6. The number of esters is 2. The van der Waals surface area contributed by atoms with E-state index in [1.807, 2.05) is 0 Å². The first-order valence-electron chi connectivity index (χ1n) is 6.10. The van der Waals surface area contributed by atoms with Gasteiger partial charge in [0.25, 0.3) is 0 Å². The van der Waals surface area contributed by atoms with E-state index in [0.717, 1.165) is 19.3 Å². The maximum atomic E-state index is 10.7. The third-order valence-electron chi connectivity index (χ3n) is 1.98. The van der Waals surface area contributed by atoms with Crippen molar-refractivity contribution >= 4 is 11.9 Å². The number of ether oxygens (including phenoxy) is 2. The first-order chi connectivity index (χ1) is 8.90. The highest BCUT2D eigenvalue weighted by Gasteiger charge is 2.03. The van der Waals surface area contributed by atoms with Crippen molar-refractivity contribution in [3.8, 4) is 0 Å². The summed E-state index contributed by atoms with van der Waals surface area (Å²) < 4.78 is 8.93. The summed E-state index contributed by atoms with van der Waals surface area (Å²) in [7, 11) is 1.37. The fraction of sp³-hybridized carbons (Fsp3) is 0.571. The Morgan fingerprint density at radius 3 is 2.16 bits per heavy atom. The lowest BCUT2D eigenvalue weighted by molar-refractivity contribution is -0.140. The largest absolute Gasteiger partial charge is 0.466 e. The Bertz CT molecular complexity index is 307. The van der Waals surface area contributed by atoms with Crippen LogP contribution in [0, 0.1) is 0 Å². The molecule has 1 N–H and O–H groups in total. The van der Waals surface area contributed by atoms with E-state index in [2.05, 4.69) is 29.6 Å². The number of rotatable bonds is 7. The lowest BCUT2D eigenvalue weighted by Gasteiger charge is -2.00. The van der Waals surface area contributed by atoms with E-state index in [4.69, 9.17) is 5.11 Å². The second-order valence-electron chi connectivity index (χ2n) is 3.84. The van der Waals surface area contributed by atoms with Crippen molar-refractivity contribution in [2.45, 2.75) is 33.1 Å². The number of carbonyl (C=O) groups excluding carboxylic acids is 2. The summed E-state index contributed by atoms with van der Waals surface area (Å²) in [4.78, 5) is 21.2. The zero-order valence-electron chi connectivity index (χ0n) is 12.0. The molecule has 0 bridgehead atoms. The molecule has 0 aromatic heterocycles. The van der Waals surface area contributed by atoms with Gasteiger partial charge in [-0.2, -0.15) is 0 Å². The summed E-state index contributed by atoms with van der Waals surface area (Å²) >= 11 is 0. The SMILES string of the molecule is C=C(C)C(=O)OCCO.C=C(CCCC)C(=O)OC. The predicted octanol–water partition coefficient (Wildman–Crippen LogP) is 2.00. The third-order valence-corrected chi connectivity index (χ3v) is 1.98. The Morgan fingerprint density at radius 1 is 1.21 bits per heavy atom. The molecule has 5 nitrogen and oxygen atoms in total. The first kappa shape index (κ1) is 19.7. The average molecular weight is 272 g/mol. The zero-order chi connectivity index (χ0) is 15.3. The van der Waals surface area contributed by atoms with Crippen molar-refractivity contribution in [1.29, 1.82) is 0 Å². The standard InChI is InChI=1S/C8H14O2.C6H10O3/c1-4-5-6-7(2)8(9)10-3;1-5(2)6(8)9-4-3-7/h2,4-6H2,1,3H3;7H,1,3-4H2,2H3. The van der Waals surface area contributed by atoms with Crippen LogP contribution in [0.15, 0.2) is 24.3 Å². The number of hydrogen-bond acceptors (Lipinski definition) is 5. The van der Waals surface area contributed by atoms with Crippen LogP contribution in [-0.4, -0.2) is 37.4 Å². The van der Waals surface area contributed by atoms with Crippen molar-refractivity contribution in [2.24, 2.45) is 0 Å². The van der Waals surface area contributed by atoms with Gasteiger partial charge in [-0.05, 0) is 19.8 Å². The molecule has 0 saturated heterocycles. The molecule has 0 spiro atoms. The summed E-state index contributed by atoms with van der Waals surface area (Å²) in [6.07, 6.45) is 2.84. The number of methoxy groups -OCH3 is 1. The van der Waals surface area contributed by atoms with Crippen LogP contribution in [0.25, 0.3) is 0 Å². The predicted molar refractivity (Wildman–Crippen MR) is 73.5 cm³/mol. The second kappa shape index (κ2) is 12.8. The minimum atomic E-state index is -0.455. The topological polar surface area (TPSA) is 72.8 Å². The molecule has 19 heavy (non-hydrogen) atoms. The monoisotopic (exact) mass is 272 g/mol. The molecule has 0 rings (SSSR count). The van der Waals surface area contributed by atoms with Gasteiger partial charge >= 0.3 is 11.9 Å². The summed E-state index contributed by atoms with van der Waals surface area (Å²) in [5, 5.41) is 8.19. The van der Waals surface area contributed by atoms with Crippen LogP contribution in [0.5, 0.6) is 0 Å². The molecule has 110 valence electrons. The quantitative estimate of drug-likeness (QED) is 0.567. The lowest BCUT2D eigenvalue weighted by atomic mass is 10.1. The van der Waals surface area contributed by atoms with E-state index in [1.54, 1.807) is 6.92 Å². The van der Waals surface area contributed by atoms with Crippen molar-refractivity contribution in [3.05, 3.63) is 24.3 Å². The molecular weight excluding hydrogens is 248 g/mol. The fourth-order valence-corrected chi connectivity index (χ4v) is 0.898. The molecule has 0 aliphatic heterocycles. The molecule has 0 heterocycles. The normalized spacial score (nSPS) is 8.84. The lowest BCUT2D eigenvalue weighted by Crippen LogP contribution is -2.08. The van der Waals surface area contributed by atoms with Gasteiger partial charge in [-0.3, -0.25) is 0 Å². The van der Waals surface area contributed by atoms with E-state index in [9.17, 15) is 9.59 Å². The summed E-state index contributed by atoms with van der Waals surface area (Å²) in [6.45, 7) is 10.5. The Balaban J connectivity index is 0. The summed E-state index contributed by atoms with van der Waals surface area (Å²) in [6, 6.07) is 0. The fourth-order valence-electron chi connectivity index (χ4n) is 0.898. The number of hydrogen-bond donors (Lipinski definition) is 1. The van der Waals surface area contributed by atoms with Gasteiger partial charge in [0, 0.05) is 11.1 Å². The average Bonchev–Trinajstić information content (AvgIpc) is 2.41. The van der Waals surface area contributed by atoms with Crippen LogP contribution in [0.3, 0.4) is 0 Å². The van der Waals surface area contributed by atoms with Gasteiger partial charge in [-0.25, -0.2) is 9.59 Å². The number of carbonyl (C=O) groups is 2. The van der Waals surface area contributed by atoms with Crippen molar-refractivity contribution in [3.63, 3.8) is 0 Å². The van der Waals surface area contributed by atoms with Gasteiger partial charge in [-0.15, -0.1) is 0 Å². The Labute approximate surface area is 114 Å². The van der Waals surface area contributed by atoms with Crippen LogP contribution >= 0.6 is 0 Å². The van der Waals surface area contributed by atoms with Crippen LogP contribution in [-0.2, 0) is 19.1 Å². The smallest absolute Gasteiger partial charge is 0.333 e. The number of aliphatic hydroxyl groups is 1. The number of aliphatic hydroxyl groups excluding tert-OH is 1. The summed E-state index contributed by atoms with van der Waals surface area (Å²) in [5.41, 5.74) is 0.924. The molecule has 0 aliphatic carbocycles. The van der Waals surface area contributed by atoms with Crippen LogP contribution in [0.2, 0.25) is 0 Å². The highest BCUT2D eigenvalue weighted by molar-refractivity contribution is 5.87. The van der Waals surface area contributed by atoms with Crippen LogP contribution < -0.4 is 0 Å². The molecule has 0 radical (unpaired) electrons. The minimum Gasteiger partial charge on any atom is -0.466 e. The highest BCUT2D eigenvalue weighted by Crippen LogP contribution is 2.05. The molecule has 0 atom stereocenters. The molecule has 0 unspecified atom stereocenters. The molecule has 0 fully saturated rings. The molecule has 0 aromatic carbocycles. The van der Waals surface area contributed by atoms with Gasteiger partial charge in [0.05, 0.1) is 13.7 Å². The Kier molecular flexibility index (Phi) is 13.3. The molecular formula is C14H24O5. The van der Waals surface area contributed by atoms with Gasteiger partial charge in [-0.1, -0.05) is 26.5 Å². The first-order valence-corrected chi connectivity index (χ1v) is 6.10. The van der Waals surface area contributed by atoms with E-state index in [1.165, 1.54) is 7.11 Å². The molecule has 5 heteroatoms. The highest BCUT2D eigenvalue weighted by atomic mass is 16.5. The van der Waals surface area contributed by atoms with E-state index in [0.29, 0.717) is 11.1 Å². The number of unbranched alkanes of at least 4 members (excludes halogenated alkanes) is 1. The molecule has 0 aliphatic rings. The van der Waals surface area contributed by atoms with Gasteiger partial charge in [0.2, 0.25) is 0 Å². The molecule has 0 amide bonds. The zero-order valence-corrected chi connectivity index (χ0v) is 12.0. The maximum absolute atomic E-state index is 10.7. The van der Waals surface area contributed by atoms with Crippen molar-refractivity contribution in [2.75, 3.05) is 20.3 Å². The van der Waals surface area contributed by atoms with Gasteiger partial charge in [0.15, 0.2) is 0 Å². The Morgan fingerprint density at radius 2 is 1.79 bits per heavy atom. The molecule has 0 aromatic rings. The van der Waals surface area contributed by atoms with Gasteiger partial charge < -0.3 is 14.6 Å². The van der Waals surface area contributed by atoms with E-state index in [-0.39, 0.29) is 19.2 Å². The van der Waals surface area contributed by atoms with Gasteiger partial charge in [0.1, 0.15) is 6.61 Å². The Hall–Kier alpha value is -1.62. The van der Waals surface area contributed by atoms with Crippen molar-refractivity contribution in [1.82, 2.24) is 0 Å². The van der Waals surface area contributed by atoms with E-state index >= 15 is 0 Å².